The first-order valence-corrected chi connectivity index (χ1v) is 10.0. The Morgan fingerprint density at radius 2 is 1.70 bits per heavy atom. The molecule has 4 fully saturated rings. The van der Waals surface area contributed by atoms with Gasteiger partial charge in [-0.1, -0.05) is 0 Å². The molecule has 0 saturated heterocycles. The van der Waals surface area contributed by atoms with Crippen LogP contribution in [0.1, 0.15) is 44.9 Å². The van der Waals surface area contributed by atoms with Crippen LogP contribution in [0.5, 0.6) is 0 Å². The van der Waals surface area contributed by atoms with E-state index in [1.54, 1.807) is 0 Å². The molecule has 4 aliphatic carbocycles. The molecule has 0 radical (unpaired) electrons. The molecule has 4 saturated carbocycles. The number of hydrogen-bond acceptors (Lipinski definition) is 4. The maximum Gasteiger partial charge on any atom is 0.315 e. The number of esters is 1. The number of amides is 1. The molecule has 4 bridgehead atoms. The van der Waals surface area contributed by atoms with Crippen LogP contribution in [-0.2, 0) is 14.3 Å². The van der Waals surface area contributed by atoms with Crippen LogP contribution < -0.4 is 0 Å². The molecule has 4 aliphatic rings. The zero-order valence-corrected chi connectivity index (χ0v) is 15.2. The van der Waals surface area contributed by atoms with Gasteiger partial charge in [-0.15, -0.1) is 11.8 Å². The van der Waals surface area contributed by atoms with E-state index in [1.165, 1.54) is 57.4 Å². The Bertz CT molecular complexity index is 430. The third-order valence-electron chi connectivity index (χ3n) is 6.07. The van der Waals surface area contributed by atoms with Gasteiger partial charge in [-0.3, -0.25) is 9.59 Å². The fourth-order valence-corrected chi connectivity index (χ4v) is 6.39. The lowest BCUT2D eigenvalue weighted by Gasteiger charge is -2.57. The van der Waals surface area contributed by atoms with Gasteiger partial charge in [-0.25, -0.2) is 0 Å². The number of thioether (sulfide) groups is 1. The average Bonchev–Trinajstić information content (AvgIpc) is 2.49. The summed E-state index contributed by atoms with van der Waals surface area (Å²) < 4.78 is 4.61. The normalized spacial score (nSPS) is 34.4. The lowest BCUT2D eigenvalue weighted by Crippen LogP contribution is -2.51. The molecule has 4 rings (SSSR count). The highest BCUT2D eigenvalue weighted by atomic mass is 32.2. The molecular formula is C18H29NO3S. The maximum absolute atomic E-state index is 12.4. The van der Waals surface area contributed by atoms with Crippen molar-refractivity contribution in [3.63, 3.8) is 0 Å². The van der Waals surface area contributed by atoms with Gasteiger partial charge in [0.2, 0.25) is 5.91 Å². The van der Waals surface area contributed by atoms with Gasteiger partial charge in [0.05, 0.1) is 12.9 Å². The monoisotopic (exact) mass is 339 g/mol. The van der Waals surface area contributed by atoms with Crippen molar-refractivity contribution in [2.24, 2.45) is 23.2 Å². The van der Waals surface area contributed by atoms with E-state index in [-0.39, 0.29) is 11.9 Å². The van der Waals surface area contributed by atoms with Crippen LogP contribution in [0, 0.1) is 23.2 Å². The molecule has 0 aromatic heterocycles. The van der Waals surface area contributed by atoms with Gasteiger partial charge < -0.3 is 9.64 Å². The van der Waals surface area contributed by atoms with Crippen molar-refractivity contribution in [3.05, 3.63) is 0 Å². The number of carbonyl (C=O) groups excluding carboxylic acids is 2. The second kappa shape index (κ2) is 7.04. The van der Waals surface area contributed by atoms with Crippen LogP contribution in [0.4, 0.5) is 0 Å². The summed E-state index contributed by atoms with van der Waals surface area (Å²) in [5, 5.41) is 0. The molecule has 0 aliphatic heterocycles. The summed E-state index contributed by atoms with van der Waals surface area (Å²) in [6, 6.07) is 0. The molecule has 0 unspecified atom stereocenters. The van der Waals surface area contributed by atoms with Gasteiger partial charge >= 0.3 is 5.97 Å². The largest absolute Gasteiger partial charge is 0.468 e. The van der Waals surface area contributed by atoms with E-state index in [0.717, 1.165) is 24.3 Å². The van der Waals surface area contributed by atoms with Crippen LogP contribution in [0.15, 0.2) is 0 Å². The number of methoxy groups -OCH3 is 1. The van der Waals surface area contributed by atoms with E-state index >= 15 is 0 Å². The van der Waals surface area contributed by atoms with E-state index in [4.69, 9.17) is 0 Å². The van der Waals surface area contributed by atoms with E-state index in [0.29, 0.717) is 23.3 Å². The number of nitrogens with zero attached hydrogens (tertiary/aromatic N) is 1. The molecule has 0 N–H and O–H groups in total. The summed E-state index contributed by atoms with van der Waals surface area (Å²) in [5.41, 5.74) is 0.415. The summed E-state index contributed by atoms with van der Waals surface area (Å²) >= 11 is 1.48. The first kappa shape index (κ1) is 17.1. The first-order chi connectivity index (χ1) is 11.0. The lowest BCUT2D eigenvalue weighted by molar-refractivity contribution is -0.137. The number of ether oxygens (including phenoxy) is 1. The summed E-state index contributed by atoms with van der Waals surface area (Å²) in [7, 11) is 3.36. The van der Waals surface area contributed by atoms with Crippen molar-refractivity contribution in [1.82, 2.24) is 4.90 Å². The molecule has 4 nitrogen and oxygen atoms in total. The second-order valence-corrected chi connectivity index (χ2v) is 9.15. The zero-order chi connectivity index (χ0) is 16.4. The van der Waals surface area contributed by atoms with Crippen LogP contribution >= 0.6 is 11.8 Å². The van der Waals surface area contributed by atoms with Gasteiger partial charge in [0.1, 0.15) is 0 Å². The molecule has 0 aromatic rings. The SMILES string of the molecule is COC(=O)CSCCC(=O)N(C)CC12CC3CC(CC(C3)C1)C2. The summed E-state index contributed by atoms with van der Waals surface area (Å²) in [5.74, 6) is 3.82. The molecule has 23 heavy (non-hydrogen) atoms. The minimum Gasteiger partial charge on any atom is -0.468 e. The maximum atomic E-state index is 12.4. The Balaban J connectivity index is 1.44. The molecule has 0 aromatic carbocycles. The summed E-state index contributed by atoms with van der Waals surface area (Å²) in [4.78, 5) is 25.4. The van der Waals surface area contributed by atoms with Crippen molar-refractivity contribution in [1.29, 1.82) is 0 Å². The fourth-order valence-electron chi connectivity index (χ4n) is 5.64. The number of hydrogen-bond donors (Lipinski definition) is 0. The predicted octanol–water partition coefficient (Wildman–Crippen LogP) is 2.96. The predicted molar refractivity (Wildman–Crippen MR) is 92.2 cm³/mol. The van der Waals surface area contributed by atoms with E-state index in [9.17, 15) is 9.59 Å². The quantitative estimate of drug-likeness (QED) is 0.528. The van der Waals surface area contributed by atoms with E-state index in [1.807, 2.05) is 11.9 Å². The topological polar surface area (TPSA) is 46.6 Å². The first-order valence-electron chi connectivity index (χ1n) is 8.88. The van der Waals surface area contributed by atoms with Crippen LogP contribution in [0.3, 0.4) is 0 Å². The van der Waals surface area contributed by atoms with Crippen LogP contribution in [0.25, 0.3) is 0 Å². The minimum absolute atomic E-state index is 0.218. The van der Waals surface area contributed by atoms with Crippen LogP contribution in [0.2, 0.25) is 0 Å². The van der Waals surface area contributed by atoms with E-state index in [2.05, 4.69) is 4.74 Å². The molecule has 1 amide bonds. The average molecular weight is 340 g/mol. The van der Waals surface area contributed by atoms with Gasteiger partial charge in [0.25, 0.3) is 0 Å². The van der Waals surface area contributed by atoms with Gasteiger partial charge in [0, 0.05) is 25.8 Å². The van der Waals surface area contributed by atoms with Gasteiger partial charge in [-0.2, -0.15) is 0 Å². The smallest absolute Gasteiger partial charge is 0.315 e. The Morgan fingerprint density at radius 1 is 1.13 bits per heavy atom. The third-order valence-corrected chi connectivity index (χ3v) is 7.00. The lowest BCUT2D eigenvalue weighted by atomic mass is 9.49. The third kappa shape index (κ3) is 4.04. The fraction of sp³-hybridized carbons (Fsp3) is 0.889. The van der Waals surface area contributed by atoms with Crippen molar-refractivity contribution in [3.8, 4) is 0 Å². The van der Waals surface area contributed by atoms with Crippen molar-refractivity contribution in [2.75, 3.05) is 32.2 Å². The summed E-state index contributed by atoms with van der Waals surface area (Å²) in [6.07, 6.45) is 8.88. The molecular weight excluding hydrogens is 310 g/mol. The highest BCUT2D eigenvalue weighted by Crippen LogP contribution is 2.60. The molecule has 0 heterocycles. The highest BCUT2D eigenvalue weighted by molar-refractivity contribution is 7.99. The molecule has 0 spiro atoms. The molecule has 130 valence electrons. The highest BCUT2D eigenvalue weighted by Gasteiger charge is 2.51. The van der Waals surface area contributed by atoms with Crippen molar-refractivity contribution in [2.45, 2.75) is 44.9 Å². The molecule has 5 heteroatoms. The van der Waals surface area contributed by atoms with E-state index < -0.39 is 0 Å². The van der Waals surface area contributed by atoms with Crippen molar-refractivity contribution < 1.29 is 14.3 Å². The minimum atomic E-state index is -0.218. The van der Waals surface area contributed by atoms with Gasteiger partial charge in [0.15, 0.2) is 0 Å². The van der Waals surface area contributed by atoms with Gasteiger partial charge in [-0.05, 0) is 61.7 Å². The number of rotatable bonds is 7. The van der Waals surface area contributed by atoms with Crippen LogP contribution in [-0.4, -0.2) is 49.0 Å². The summed E-state index contributed by atoms with van der Waals surface area (Å²) in [6.45, 7) is 0.941. The Kier molecular flexibility index (Phi) is 5.24. The Hall–Kier alpha value is -0.710. The number of carbonyl (C=O) groups is 2. The van der Waals surface area contributed by atoms with Crippen molar-refractivity contribution >= 4 is 23.6 Å². The molecule has 0 atom stereocenters. The Morgan fingerprint density at radius 3 is 2.22 bits per heavy atom. The second-order valence-electron chi connectivity index (χ2n) is 8.05. The Labute approximate surface area is 143 Å². The zero-order valence-electron chi connectivity index (χ0n) is 14.4. The standard InChI is InChI=1S/C18H29NO3S/c1-19(16(20)3-4-23-11-17(21)22-2)12-18-8-13-5-14(9-18)7-15(6-13)10-18/h13-15H,3-12H2,1-2H3.